The van der Waals surface area contributed by atoms with E-state index in [1.165, 1.54) is 19.1 Å². The number of aliphatic hydroxyl groups excluding tert-OH is 1. The van der Waals surface area contributed by atoms with Gasteiger partial charge in [0.05, 0.1) is 25.8 Å². The number of pyridine rings is 1. The van der Waals surface area contributed by atoms with Crippen LogP contribution >= 0.6 is 0 Å². The van der Waals surface area contributed by atoms with Crippen LogP contribution in [-0.4, -0.2) is 36.0 Å². The van der Waals surface area contributed by atoms with Crippen LogP contribution in [0.15, 0.2) is 66.5 Å². The molecule has 2 heterocycles. The Morgan fingerprint density at radius 1 is 0.939 bits per heavy atom. The SMILES string of the molecule is COc1ccc(/C(O)=C2\C(=O)C(=O)N(c3ccc(C)cc3C)C2c2ccncc2)cc1OC. The molecule has 1 atom stereocenters. The van der Waals surface area contributed by atoms with Crippen LogP contribution in [0.3, 0.4) is 0 Å². The molecular weight excluding hydrogens is 420 g/mol. The Balaban J connectivity index is 1.95. The smallest absolute Gasteiger partial charge is 0.300 e. The summed E-state index contributed by atoms with van der Waals surface area (Å²) in [6, 6.07) is 13.1. The lowest BCUT2D eigenvalue weighted by Gasteiger charge is -2.27. The molecular formula is C26H24N2O5. The molecule has 1 fully saturated rings. The molecule has 1 amide bonds. The fourth-order valence-corrected chi connectivity index (χ4v) is 4.16. The number of hydrogen-bond acceptors (Lipinski definition) is 6. The largest absolute Gasteiger partial charge is 0.507 e. The molecule has 1 aliphatic rings. The Morgan fingerprint density at radius 2 is 1.64 bits per heavy atom. The molecule has 7 nitrogen and oxygen atoms in total. The lowest BCUT2D eigenvalue weighted by molar-refractivity contribution is -0.132. The highest BCUT2D eigenvalue weighted by molar-refractivity contribution is 6.51. The molecule has 1 aliphatic heterocycles. The van der Waals surface area contributed by atoms with Crippen molar-refractivity contribution in [1.29, 1.82) is 0 Å². The van der Waals surface area contributed by atoms with Crippen LogP contribution in [0, 0.1) is 13.8 Å². The van der Waals surface area contributed by atoms with Gasteiger partial charge in [0.25, 0.3) is 11.7 Å². The van der Waals surface area contributed by atoms with Gasteiger partial charge in [-0.1, -0.05) is 17.7 Å². The Kier molecular flexibility index (Phi) is 5.87. The molecule has 0 radical (unpaired) electrons. The molecule has 0 saturated carbocycles. The van der Waals surface area contributed by atoms with Crippen molar-refractivity contribution in [2.75, 3.05) is 19.1 Å². The molecule has 0 bridgehead atoms. The van der Waals surface area contributed by atoms with Crippen molar-refractivity contribution in [3.63, 3.8) is 0 Å². The minimum absolute atomic E-state index is 0.00149. The van der Waals surface area contributed by atoms with Crippen LogP contribution < -0.4 is 14.4 Å². The zero-order chi connectivity index (χ0) is 23.7. The Morgan fingerprint density at radius 3 is 2.27 bits per heavy atom. The molecule has 1 N–H and O–H groups in total. The van der Waals surface area contributed by atoms with Crippen molar-refractivity contribution >= 4 is 23.1 Å². The summed E-state index contributed by atoms with van der Waals surface area (Å²) in [5.74, 6) is -0.876. The topological polar surface area (TPSA) is 89.0 Å². The highest BCUT2D eigenvalue weighted by Crippen LogP contribution is 2.43. The third-order valence-electron chi connectivity index (χ3n) is 5.74. The second-order valence-corrected chi connectivity index (χ2v) is 7.81. The van der Waals surface area contributed by atoms with Gasteiger partial charge in [-0.25, -0.2) is 0 Å². The number of amides is 1. The highest BCUT2D eigenvalue weighted by atomic mass is 16.5. The predicted octanol–water partition coefficient (Wildman–Crippen LogP) is 4.34. The zero-order valence-corrected chi connectivity index (χ0v) is 18.8. The first-order chi connectivity index (χ1) is 15.9. The minimum atomic E-state index is -0.817. The molecule has 2 aromatic carbocycles. The summed E-state index contributed by atoms with van der Waals surface area (Å²) >= 11 is 0. The number of ketones is 1. The fraction of sp³-hybridized carbons (Fsp3) is 0.192. The highest BCUT2D eigenvalue weighted by Gasteiger charge is 2.47. The van der Waals surface area contributed by atoms with Crippen molar-refractivity contribution < 1.29 is 24.2 Å². The van der Waals surface area contributed by atoms with E-state index in [-0.39, 0.29) is 11.3 Å². The van der Waals surface area contributed by atoms with Crippen molar-refractivity contribution in [3.05, 3.63) is 88.8 Å². The summed E-state index contributed by atoms with van der Waals surface area (Å²) < 4.78 is 10.6. The molecule has 0 aliphatic carbocycles. The summed E-state index contributed by atoms with van der Waals surface area (Å²) in [4.78, 5) is 32.0. The van der Waals surface area contributed by atoms with Crippen LogP contribution in [0.5, 0.6) is 11.5 Å². The van der Waals surface area contributed by atoms with E-state index in [4.69, 9.17) is 9.47 Å². The monoisotopic (exact) mass is 444 g/mol. The number of benzene rings is 2. The lowest BCUT2D eigenvalue weighted by Crippen LogP contribution is -2.30. The molecule has 4 rings (SSSR count). The molecule has 3 aromatic rings. The third kappa shape index (κ3) is 3.82. The van der Waals surface area contributed by atoms with E-state index < -0.39 is 17.7 Å². The number of ether oxygens (including phenoxy) is 2. The Hall–Kier alpha value is -4.13. The van der Waals surface area contributed by atoms with E-state index in [1.54, 1.807) is 42.7 Å². The van der Waals surface area contributed by atoms with Crippen LogP contribution in [-0.2, 0) is 9.59 Å². The molecule has 7 heteroatoms. The van der Waals surface area contributed by atoms with Crippen molar-refractivity contribution in [3.8, 4) is 11.5 Å². The molecule has 33 heavy (non-hydrogen) atoms. The van der Waals surface area contributed by atoms with Crippen molar-refractivity contribution in [2.45, 2.75) is 19.9 Å². The third-order valence-corrected chi connectivity index (χ3v) is 5.74. The van der Waals surface area contributed by atoms with Crippen molar-refractivity contribution in [1.82, 2.24) is 4.98 Å². The number of Topliss-reactive ketones (excluding diaryl/α,β-unsaturated/α-hetero) is 1. The Labute approximate surface area is 191 Å². The lowest BCUT2D eigenvalue weighted by atomic mass is 9.95. The number of carbonyl (C=O) groups is 2. The number of aryl methyl sites for hydroxylation is 2. The zero-order valence-electron chi connectivity index (χ0n) is 18.8. The van der Waals surface area contributed by atoms with Gasteiger partial charge < -0.3 is 14.6 Å². The maximum Gasteiger partial charge on any atom is 0.300 e. The number of aliphatic hydroxyl groups is 1. The van der Waals surface area contributed by atoms with Gasteiger partial charge in [-0.15, -0.1) is 0 Å². The number of rotatable bonds is 5. The minimum Gasteiger partial charge on any atom is -0.507 e. The average Bonchev–Trinajstić information content (AvgIpc) is 3.09. The summed E-state index contributed by atoms with van der Waals surface area (Å²) in [5, 5.41) is 11.3. The van der Waals surface area contributed by atoms with Crippen LogP contribution in [0.1, 0.15) is 28.3 Å². The van der Waals surface area contributed by atoms with Gasteiger partial charge in [-0.2, -0.15) is 0 Å². The van der Waals surface area contributed by atoms with Gasteiger partial charge in [0.1, 0.15) is 5.76 Å². The van der Waals surface area contributed by atoms with Crippen LogP contribution in [0.2, 0.25) is 0 Å². The molecule has 1 unspecified atom stereocenters. The molecule has 1 saturated heterocycles. The number of aromatic nitrogens is 1. The van der Waals surface area contributed by atoms with Crippen molar-refractivity contribution in [2.24, 2.45) is 0 Å². The number of hydrogen-bond donors (Lipinski definition) is 1. The summed E-state index contributed by atoms with van der Waals surface area (Å²) in [6.45, 7) is 3.85. The maximum absolute atomic E-state index is 13.3. The average molecular weight is 444 g/mol. The standard InChI is InChI=1S/C26H24N2O5/c1-15-5-7-19(16(2)13-15)28-23(17-9-11-27-12-10-17)22(25(30)26(28)31)24(29)18-6-8-20(32-3)21(14-18)33-4/h5-14,23,29H,1-4H3/b24-22+. The van der Waals surface area contributed by atoms with E-state index in [0.29, 0.717) is 28.3 Å². The van der Waals surface area contributed by atoms with Crippen LogP contribution in [0.25, 0.3) is 5.76 Å². The number of carbonyl (C=O) groups excluding carboxylic acids is 2. The number of anilines is 1. The van der Waals surface area contributed by atoms with E-state index in [2.05, 4.69) is 4.98 Å². The van der Waals surface area contributed by atoms with E-state index in [1.807, 2.05) is 32.0 Å². The van der Waals surface area contributed by atoms with Gasteiger partial charge in [0.2, 0.25) is 0 Å². The normalized spacial score (nSPS) is 17.3. The van der Waals surface area contributed by atoms with Crippen LogP contribution in [0.4, 0.5) is 5.69 Å². The van der Waals surface area contributed by atoms with Gasteiger partial charge in [-0.3, -0.25) is 19.5 Å². The predicted molar refractivity (Wildman–Crippen MR) is 124 cm³/mol. The van der Waals surface area contributed by atoms with Gasteiger partial charge in [-0.05, 0) is 61.4 Å². The fourth-order valence-electron chi connectivity index (χ4n) is 4.16. The van der Waals surface area contributed by atoms with Gasteiger partial charge in [0, 0.05) is 23.6 Å². The first-order valence-electron chi connectivity index (χ1n) is 10.4. The first-order valence-corrected chi connectivity index (χ1v) is 10.4. The Bertz CT molecular complexity index is 1270. The van der Waals surface area contributed by atoms with E-state index >= 15 is 0 Å². The van der Waals surface area contributed by atoms with E-state index in [0.717, 1.165) is 11.1 Å². The quantitative estimate of drug-likeness (QED) is 0.358. The summed E-state index contributed by atoms with van der Waals surface area (Å²) in [7, 11) is 2.99. The first kappa shape index (κ1) is 22.1. The second kappa shape index (κ2) is 8.78. The summed E-state index contributed by atoms with van der Waals surface area (Å²) in [6.07, 6.45) is 3.18. The number of methoxy groups -OCH3 is 2. The van der Waals surface area contributed by atoms with Gasteiger partial charge in [0.15, 0.2) is 11.5 Å². The maximum atomic E-state index is 13.3. The summed E-state index contributed by atoms with van der Waals surface area (Å²) in [5.41, 5.74) is 3.49. The molecule has 1 aromatic heterocycles. The molecule has 168 valence electrons. The second-order valence-electron chi connectivity index (χ2n) is 7.81. The van der Waals surface area contributed by atoms with Gasteiger partial charge >= 0.3 is 0 Å². The number of nitrogens with zero attached hydrogens (tertiary/aromatic N) is 2. The molecule has 0 spiro atoms. The van der Waals surface area contributed by atoms with E-state index in [9.17, 15) is 14.7 Å².